The van der Waals surface area contributed by atoms with Crippen LogP contribution in [0.3, 0.4) is 0 Å². The lowest BCUT2D eigenvalue weighted by molar-refractivity contribution is -0.150. The van der Waals surface area contributed by atoms with Crippen LogP contribution in [-0.2, 0) is 0 Å². The van der Waals surface area contributed by atoms with E-state index in [-0.39, 0.29) is 16.9 Å². The first-order valence-electron chi connectivity index (χ1n) is 12.9. The molecule has 5 saturated carbocycles. The molecule has 0 amide bonds. The van der Waals surface area contributed by atoms with Crippen LogP contribution in [0.4, 0.5) is 0 Å². The Balaban J connectivity index is 1.51. The Morgan fingerprint density at radius 3 is 2.17 bits per heavy atom. The quantitative estimate of drug-likeness (QED) is 0.684. The van der Waals surface area contributed by atoms with Crippen LogP contribution in [0.15, 0.2) is 0 Å². The molecule has 0 heterocycles. The highest BCUT2D eigenvalue weighted by Gasteiger charge is 2.82. The first kappa shape index (κ1) is 21.7. The average molecular weight is 417 g/mol. The Kier molecular flexibility index (Phi) is 4.53. The number of aliphatic hydroxyl groups is 1. The molecule has 0 radical (unpaired) electrons. The molecule has 2 N–H and O–H groups in total. The van der Waals surface area contributed by atoms with E-state index in [1.807, 2.05) is 0 Å². The van der Waals surface area contributed by atoms with Crippen molar-refractivity contribution in [1.82, 2.24) is 10.2 Å². The molecule has 0 aromatic heterocycles. The van der Waals surface area contributed by atoms with Crippen LogP contribution in [0.1, 0.15) is 86.0 Å². The molecule has 5 rings (SSSR count). The monoisotopic (exact) mass is 416 g/mol. The molecule has 2 spiro atoms. The van der Waals surface area contributed by atoms with E-state index in [4.69, 9.17) is 0 Å². The fourth-order valence-corrected chi connectivity index (χ4v) is 11.4. The van der Waals surface area contributed by atoms with Crippen LogP contribution in [0, 0.1) is 44.8 Å². The van der Waals surface area contributed by atoms with Crippen molar-refractivity contribution in [2.45, 2.75) is 104 Å². The van der Waals surface area contributed by atoms with Crippen LogP contribution >= 0.6 is 0 Å². The summed E-state index contributed by atoms with van der Waals surface area (Å²) < 4.78 is 0. The SMILES string of the molecule is CNC(C)C1C(O)CC2(C)C3CCC4C(C)(C)C(N(C)C)CCC45CC35CCC12C. The van der Waals surface area contributed by atoms with Gasteiger partial charge in [0.05, 0.1) is 6.10 Å². The molecule has 3 heteroatoms. The van der Waals surface area contributed by atoms with Crippen LogP contribution < -0.4 is 5.32 Å². The largest absolute Gasteiger partial charge is 0.393 e. The molecule has 0 aromatic rings. The summed E-state index contributed by atoms with van der Waals surface area (Å²) in [6.07, 6.45) is 10.7. The Hall–Kier alpha value is -0.120. The first-order valence-corrected chi connectivity index (χ1v) is 12.9. The maximum absolute atomic E-state index is 11.3. The highest BCUT2D eigenvalue weighted by Crippen LogP contribution is 2.89. The van der Waals surface area contributed by atoms with E-state index in [9.17, 15) is 5.11 Å². The highest BCUT2D eigenvalue weighted by molar-refractivity contribution is 5.31. The standard InChI is InChI=1S/C27H48N2O/c1-17(28-6)22-18(30)15-25(5)20-10-9-19-23(2,3)21(29(7)8)11-12-26(19)16-27(20,26)14-13-24(22,25)4/h17-22,28,30H,9-16H2,1-8H3. The van der Waals surface area contributed by atoms with E-state index in [0.29, 0.717) is 28.2 Å². The lowest BCUT2D eigenvalue weighted by atomic mass is 9.41. The number of nitrogens with zero attached hydrogens (tertiary/aromatic N) is 1. The van der Waals surface area contributed by atoms with Gasteiger partial charge in [0, 0.05) is 18.0 Å². The number of hydrogen-bond donors (Lipinski definition) is 2. The van der Waals surface area contributed by atoms with Crippen molar-refractivity contribution < 1.29 is 5.11 Å². The van der Waals surface area contributed by atoms with Crippen molar-refractivity contribution in [2.24, 2.45) is 44.8 Å². The molecule has 0 aliphatic heterocycles. The molecular weight excluding hydrogens is 368 g/mol. The van der Waals surface area contributed by atoms with Crippen LogP contribution in [0.2, 0.25) is 0 Å². The first-order chi connectivity index (χ1) is 13.9. The number of aliphatic hydroxyl groups excluding tert-OH is 1. The van der Waals surface area contributed by atoms with Crippen molar-refractivity contribution in [1.29, 1.82) is 0 Å². The Morgan fingerprint density at radius 1 is 0.900 bits per heavy atom. The molecule has 5 aliphatic carbocycles. The fourth-order valence-electron chi connectivity index (χ4n) is 11.4. The second-order valence-corrected chi connectivity index (χ2v) is 13.7. The topological polar surface area (TPSA) is 35.5 Å². The minimum absolute atomic E-state index is 0.147. The lowest BCUT2D eigenvalue weighted by Crippen LogP contribution is -2.59. The van der Waals surface area contributed by atoms with Gasteiger partial charge in [-0.3, -0.25) is 0 Å². The molecule has 0 aromatic carbocycles. The van der Waals surface area contributed by atoms with E-state index in [2.05, 4.69) is 66.0 Å². The smallest absolute Gasteiger partial charge is 0.0594 e. The van der Waals surface area contributed by atoms with Gasteiger partial charge in [-0.05, 0) is 118 Å². The van der Waals surface area contributed by atoms with E-state index < -0.39 is 0 Å². The van der Waals surface area contributed by atoms with Crippen LogP contribution in [0.25, 0.3) is 0 Å². The van der Waals surface area contributed by atoms with Gasteiger partial charge in [-0.25, -0.2) is 0 Å². The maximum Gasteiger partial charge on any atom is 0.0594 e. The molecular formula is C27H48N2O. The van der Waals surface area contributed by atoms with Crippen molar-refractivity contribution in [3.8, 4) is 0 Å². The zero-order valence-corrected chi connectivity index (χ0v) is 21.0. The second kappa shape index (κ2) is 6.26. The third-order valence-electron chi connectivity index (χ3n) is 12.8. The number of nitrogens with one attached hydrogen (secondary N) is 1. The van der Waals surface area contributed by atoms with Crippen molar-refractivity contribution in [2.75, 3.05) is 21.1 Å². The maximum atomic E-state index is 11.3. The van der Waals surface area contributed by atoms with Crippen molar-refractivity contribution in [3.05, 3.63) is 0 Å². The molecule has 172 valence electrons. The summed E-state index contributed by atoms with van der Waals surface area (Å²) in [5, 5.41) is 14.8. The minimum atomic E-state index is -0.147. The Labute approximate surface area is 185 Å². The van der Waals surface area contributed by atoms with E-state index >= 15 is 0 Å². The molecule has 10 atom stereocenters. The summed E-state index contributed by atoms with van der Waals surface area (Å²) in [4.78, 5) is 2.52. The molecule has 5 aliphatic rings. The number of fused-ring (bicyclic) bond motifs is 2. The van der Waals surface area contributed by atoms with Gasteiger partial charge in [0.2, 0.25) is 0 Å². The van der Waals surface area contributed by atoms with Gasteiger partial charge in [0.15, 0.2) is 0 Å². The van der Waals surface area contributed by atoms with Gasteiger partial charge >= 0.3 is 0 Å². The summed E-state index contributed by atoms with van der Waals surface area (Å²) in [7, 11) is 6.68. The molecule has 0 bridgehead atoms. The summed E-state index contributed by atoms with van der Waals surface area (Å²) >= 11 is 0. The summed E-state index contributed by atoms with van der Waals surface area (Å²) in [5.41, 5.74) is 2.15. The van der Waals surface area contributed by atoms with E-state index in [1.165, 1.54) is 44.9 Å². The summed E-state index contributed by atoms with van der Waals surface area (Å²) in [5.74, 6) is 2.09. The second-order valence-electron chi connectivity index (χ2n) is 13.7. The van der Waals surface area contributed by atoms with Gasteiger partial charge in [-0.2, -0.15) is 0 Å². The van der Waals surface area contributed by atoms with E-state index in [1.54, 1.807) is 0 Å². The lowest BCUT2D eigenvalue weighted by Gasteiger charge is -2.64. The summed E-state index contributed by atoms with van der Waals surface area (Å²) in [6.45, 7) is 12.6. The van der Waals surface area contributed by atoms with Gasteiger partial charge in [-0.1, -0.05) is 27.7 Å². The predicted octanol–water partition coefficient (Wildman–Crippen LogP) is 4.93. The van der Waals surface area contributed by atoms with Gasteiger partial charge in [0.1, 0.15) is 0 Å². The van der Waals surface area contributed by atoms with Crippen molar-refractivity contribution in [3.63, 3.8) is 0 Å². The predicted molar refractivity (Wildman–Crippen MR) is 124 cm³/mol. The number of hydrogen-bond acceptors (Lipinski definition) is 3. The average Bonchev–Trinajstić information content (AvgIpc) is 3.26. The fraction of sp³-hybridized carbons (Fsp3) is 1.00. The molecule has 0 saturated heterocycles. The highest BCUT2D eigenvalue weighted by atomic mass is 16.3. The zero-order valence-electron chi connectivity index (χ0n) is 21.0. The minimum Gasteiger partial charge on any atom is -0.393 e. The molecule has 30 heavy (non-hydrogen) atoms. The van der Waals surface area contributed by atoms with Crippen LogP contribution in [0.5, 0.6) is 0 Å². The van der Waals surface area contributed by atoms with Gasteiger partial charge < -0.3 is 15.3 Å². The Bertz CT molecular complexity index is 720. The van der Waals surface area contributed by atoms with Gasteiger partial charge in [-0.15, -0.1) is 0 Å². The van der Waals surface area contributed by atoms with E-state index in [0.717, 1.165) is 24.3 Å². The van der Waals surface area contributed by atoms with Gasteiger partial charge in [0.25, 0.3) is 0 Å². The molecule has 3 nitrogen and oxygen atoms in total. The third kappa shape index (κ3) is 2.24. The third-order valence-corrected chi connectivity index (χ3v) is 12.8. The Morgan fingerprint density at radius 2 is 1.53 bits per heavy atom. The zero-order chi connectivity index (χ0) is 21.9. The van der Waals surface area contributed by atoms with Crippen molar-refractivity contribution >= 4 is 0 Å². The molecule has 5 fully saturated rings. The summed E-state index contributed by atoms with van der Waals surface area (Å²) in [6, 6.07) is 1.11. The molecule has 10 unspecified atom stereocenters. The number of rotatable bonds is 3. The van der Waals surface area contributed by atoms with Crippen LogP contribution in [-0.4, -0.2) is 49.3 Å². The normalized spacial score (nSPS) is 57.2.